The van der Waals surface area contributed by atoms with E-state index in [0.29, 0.717) is 23.2 Å². The van der Waals surface area contributed by atoms with Gasteiger partial charge in [-0.1, -0.05) is 34.1 Å². The molecule has 0 atom stereocenters. The van der Waals surface area contributed by atoms with Crippen LogP contribution in [0, 0.1) is 0 Å². The first-order valence-electron chi connectivity index (χ1n) is 7.72. The van der Waals surface area contributed by atoms with Gasteiger partial charge in [0.15, 0.2) is 0 Å². The summed E-state index contributed by atoms with van der Waals surface area (Å²) in [7, 11) is 0. The van der Waals surface area contributed by atoms with Crippen molar-refractivity contribution < 1.29 is 9.53 Å². The van der Waals surface area contributed by atoms with E-state index < -0.39 is 5.97 Å². The molecule has 1 aromatic heterocycles. The Morgan fingerprint density at radius 3 is 2.88 bits per heavy atom. The molecule has 0 aliphatic rings. The third kappa shape index (κ3) is 3.69. The van der Waals surface area contributed by atoms with Crippen LogP contribution in [0.2, 0.25) is 0 Å². The van der Waals surface area contributed by atoms with Crippen molar-refractivity contribution in [3.63, 3.8) is 0 Å². The van der Waals surface area contributed by atoms with E-state index in [-0.39, 0.29) is 5.56 Å². The van der Waals surface area contributed by atoms with Gasteiger partial charge in [0.2, 0.25) is 0 Å². The zero-order chi connectivity index (χ0) is 17.8. The third-order valence-corrected chi connectivity index (χ3v) is 4.09. The van der Waals surface area contributed by atoms with Crippen molar-refractivity contribution in [2.24, 2.45) is 0 Å². The lowest BCUT2D eigenvalue weighted by Gasteiger charge is -2.10. The Morgan fingerprint density at radius 1 is 1.28 bits per heavy atom. The van der Waals surface area contributed by atoms with Crippen LogP contribution in [0.5, 0.6) is 0 Å². The Hall–Kier alpha value is -2.73. The van der Waals surface area contributed by atoms with Crippen LogP contribution in [0.3, 0.4) is 0 Å². The van der Waals surface area contributed by atoms with Gasteiger partial charge in [0, 0.05) is 21.5 Å². The molecule has 3 rings (SSSR count). The van der Waals surface area contributed by atoms with E-state index in [1.54, 1.807) is 31.3 Å². The Kier molecular flexibility index (Phi) is 5.09. The number of halogens is 1. The maximum atomic E-state index is 12.8. The number of esters is 1. The average molecular weight is 399 g/mol. The maximum absolute atomic E-state index is 12.8. The molecule has 25 heavy (non-hydrogen) atoms. The summed E-state index contributed by atoms with van der Waals surface area (Å²) < 4.78 is 7.06. The molecule has 0 aliphatic carbocycles. The summed E-state index contributed by atoms with van der Waals surface area (Å²) in [5, 5.41) is 5.64. The number of hydrogen-bond acceptors (Lipinski definition) is 4. The van der Waals surface area contributed by atoms with Crippen molar-refractivity contribution in [3.8, 4) is 5.69 Å². The summed E-state index contributed by atoms with van der Waals surface area (Å²) in [6.45, 7) is 2.05. The molecule has 0 fully saturated rings. The Labute approximate surface area is 152 Å². The minimum absolute atomic E-state index is 0.216. The molecule has 0 spiro atoms. The summed E-state index contributed by atoms with van der Waals surface area (Å²) in [5.41, 5.74) is 1.04. The second-order valence-corrected chi connectivity index (χ2v) is 6.15. The van der Waals surface area contributed by atoms with Gasteiger partial charge in [0.1, 0.15) is 0 Å². The summed E-state index contributed by atoms with van der Waals surface area (Å²) in [5.74, 6) is -0.438. The van der Waals surface area contributed by atoms with Crippen molar-refractivity contribution in [2.45, 2.75) is 6.92 Å². The highest BCUT2D eigenvalue weighted by atomic mass is 79.9. The van der Waals surface area contributed by atoms with E-state index in [2.05, 4.69) is 21.0 Å². The molecule has 6 heteroatoms. The highest BCUT2D eigenvalue weighted by Crippen LogP contribution is 2.21. The molecule has 0 N–H and O–H groups in total. The van der Waals surface area contributed by atoms with Crippen LogP contribution in [0.4, 0.5) is 0 Å². The van der Waals surface area contributed by atoms with Gasteiger partial charge >= 0.3 is 5.97 Å². The number of nitrogens with zero attached hydrogens (tertiary/aromatic N) is 2. The molecular formula is C19H15BrN2O3. The standard InChI is InChI=1S/C19H15BrN2O3/c1-2-25-18(23)10-7-13-11-15(20)8-9-17(13)22-19(24)16-6-4-3-5-14(16)12-21-22/h3-12H,2H2,1H3/b10-7+. The van der Waals surface area contributed by atoms with Crippen molar-refractivity contribution >= 4 is 38.7 Å². The molecule has 0 unspecified atom stereocenters. The van der Waals surface area contributed by atoms with Crippen molar-refractivity contribution in [3.05, 3.63) is 75.1 Å². The fraction of sp³-hybridized carbons (Fsp3) is 0.105. The van der Waals surface area contributed by atoms with Crippen LogP contribution < -0.4 is 5.56 Å². The number of benzene rings is 2. The van der Waals surface area contributed by atoms with Crippen LogP contribution in [0.1, 0.15) is 12.5 Å². The fourth-order valence-corrected chi connectivity index (χ4v) is 2.84. The molecule has 1 heterocycles. The summed E-state index contributed by atoms with van der Waals surface area (Å²) >= 11 is 3.41. The second kappa shape index (κ2) is 7.44. The van der Waals surface area contributed by atoms with Crippen LogP contribution in [0.15, 0.2) is 64.0 Å². The molecular weight excluding hydrogens is 384 g/mol. The maximum Gasteiger partial charge on any atom is 0.330 e. The smallest absolute Gasteiger partial charge is 0.330 e. The highest BCUT2D eigenvalue weighted by molar-refractivity contribution is 9.10. The van der Waals surface area contributed by atoms with Crippen molar-refractivity contribution in [1.82, 2.24) is 9.78 Å². The van der Waals surface area contributed by atoms with E-state index in [0.717, 1.165) is 9.86 Å². The lowest BCUT2D eigenvalue weighted by molar-refractivity contribution is -0.137. The van der Waals surface area contributed by atoms with Gasteiger partial charge in [-0.15, -0.1) is 0 Å². The second-order valence-electron chi connectivity index (χ2n) is 5.24. The number of ether oxygens (including phenoxy) is 1. The molecule has 0 aliphatic heterocycles. The molecule has 0 saturated heterocycles. The van der Waals surface area contributed by atoms with E-state index in [9.17, 15) is 9.59 Å². The predicted octanol–water partition coefficient (Wildman–Crippen LogP) is 3.72. The first-order chi connectivity index (χ1) is 12.1. The number of carbonyl (C=O) groups excluding carboxylic acids is 1. The largest absolute Gasteiger partial charge is 0.463 e. The number of hydrogen-bond donors (Lipinski definition) is 0. The van der Waals surface area contributed by atoms with Crippen molar-refractivity contribution in [2.75, 3.05) is 6.61 Å². The van der Waals surface area contributed by atoms with E-state index in [1.165, 1.54) is 10.8 Å². The minimum atomic E-state index is -0.438. The van der Waals surface area contributed by atoms with Crippen LogP contribution in [-0.2, 0) is 9.53 Å². The van der Waals surface area contributed by atoms with Gasteiger partial charge in [0.25, 0.3) is 5.56 Å². The predicted molar refractivity (Wildman–Crippen MR) is 101 cm³/mol. The van der Waals surface area contributed by atoms with Crippen LogP contribution >= 0.6 is 15.9 Å². The Bertz CT molecular complexity index is 1020. The molecule has 5 nitrogen and oxygen atoms in total. The summed E-state index contributed by atoms with van der Waals surface area (Å²) in [6.07, 6.45) is 4.60. The molecule has 0 amide bonds. The SMILES string of the molecule is CCOC(=O)/C=C/c1cc(Br)ccc1-n1ncc2ccccc2c1=O. The van der Waals surface area contributed by atoms with Crippen LogP contribution in [-0.4, -0.2) is 22.4 Å². The van der Waals surface area contributed by atoms with Gasteiger partial charge in [-0.2, -0.15) is 9.78 Å². The Morgan fingerprint density at radius 2 is 2.08 bits per heavy atom. The van der Waals surface area contributed by atoms with Gasteiger partial charge < -0.3 is 4.74 Å². The lowest BCUT2D eigenvalue weighted by atomic mass is 10.1. The molecule has 126 valence electrons. The average Bonchev–Trinajstić information content (AvgIpc) is 2.61. The Balaban J connectivity index is 2.13. The number of aromatic nitrogens is 2. The fourth-order valence-electron chi connectivity index (χ4n) is 2.46. The molecule has 0 bridgehead atoms. The quantitative estimate of drug-likeness (QED) is 0.496. The van der Waals surface area contributed by atoms with Gasteiger partial charge in [-0.05, 0) is 37.3 Å². The molecule has 3 aromatic rings. The minimum Gasteiger partial charge on any atom is -0.463 e. The van der Waals surface area contributed by atoms with Crippen molar-refractivity contribution in [1.29, 1.82) is 0 Å². The molecule has 2 aromatic carbocycles. The summed E-state index contributed by atoms with van der Waals surface area (Å²) in [4.78, 5) is 24.4. The van der Waals surface area contributed by atoms with Gasteiger partial charge in [-0.3, -0.25) is 4.79 Å². The monoisotopic (exact) mass is 398 g/mol. The van der Waals surface area contributed by atoms with E-state index in [4.69, 9.17) is 4.74 Å². The van der Waals surface area contributed by atoms with E-state index >= 15 is 0 Å². The first-order valence-corrected chi connectivity index (χ1v) is 8.51. The van der Waals surface area contributed by atoms with Gasteiger partial charge in [-0.25, -0.2) is 4.79 Å². The number of carbonyl (C=O) groups is 1. The lowest BCUT2D eigenvalue weighted by Crippen LogP contribution is -2.21. The third-order valence-electron chi connectivity index (χ3n) is 3.60. The van der Waals surface area contributed by atoms with Gasteiger partial charge in [0.05, 0.1) is 23.9 Å². The normalized spacial score (nSPS) is 11.1. The molecule has 0 saturated carbocycles. The zero-order valence-electron chi connectivity index (χ0n) is 13.5. The topological polar surface area (TPSA) is 61.2 Å². The zero-order valence-corrected chi connectivity index (χ0v) is 15.1. The van der Waals surface area contributed by atoms with Crippen LogP contribution in [0.25, 0.3) is 22.5 Å². The molecule has 0 radical (unpaired) electrons. The first kappa shape index (κ1) is 17.1. The summed E-state index contributed by atoms with van der Waals surface area (Å²) in [6, 6.07) is 12.7. The van der Waals surface area contributed by atoms with E-state index in [1.807, 2.05) is 30.3 Å². The highest BCUT2D eigenvalue weighted by Gasteiger charge is 2.10. The number of fused-ring (bicyclic) bond motifs is 1. The number of rotatable bonds is 4.